The van der Waals surface area contributed by atoms with Crippen LogP contribution in [0.15, 0.2) is 24.3 Å². The largest absolute Gasteiger partial charge is 1.00 e. The summed E-state index contributed by atoms with van der Waals surface area (Å²) in [5, 5.41) is 0. The van der Waals surface area contributed by atoms with E-state index in [1.807, 2.05) is 6.07 Å². The maximum absolute atomic E-state index is 11.0. The number of ether oxygens (including phenoxy) is 1. The highest BCUT2D eigenvalue weighted by Gasteiger charge is 2.09. The van der Waals surface area contributed by atoms with E-state index in [0.29, 0.717) is 11.3 Å². The zero-order chi connectivity index (χ0) is 8.27. The van der Waals surface area contributed by atoms with Crippen molar-refractivity contribution in [3.05, 3.63) is 29.8 Å². The van der Waals surface area contributed by atoms with E-state index in [-0.39, 0.29) is 18.4 Å². The quantitative estimate of drug-likeness (QED) is 0.489. The second-order valence-corrected chi connectivity index (χ2v) is 2.15. The molecule has 0 aliphatic carbocycles. The summed E-state index contributed by atoms with van der Waals surface area (Å²) in [5.74, 6) is -0.337. The highest BCUT2D eigenvalue weighted by molar-refractivity contribution is 5.93. The second kappa shape index (κ2) is 4.74. The number of halogens is 1. The molecule has 1 aromatic carbocycles. The molecule has 0 amide bonds. The van der Waals surface area contributed by atoms with Gasteiger partial charge in [-0.25, -0.2) is 4.79 Å². The number of methoxy groups -OCH3 is 1. The molecule has 0 heterocycles. The second-order valence-electron chi connectivity index (χ2n) is 2.15. The van der Waals surface area contributed by atoms with Gasteiger partial charge in [0.1, 0.15) is 11.3 Å². The van der Waals surface area contributed by atoms with Crippen molar-refractivity contribution in [3.63, 3.8) is 0 Å². The minimum Gasteiger partial charge on any atom is -1.00 e. The first-order chi connectivity index (χ1) is 5.25. The van der Waals surface area contributed by atoms with E-state index in [2.05, 4.69) is 10.5 Å². The van der Waals surface area contributed by atoms with Crippen LogP contribution in [0.2, 0.25) is 0 Å². The number of quaternary nitrogens is 1. The lowest BCUT2D eigenvalue weighted by atomic mass is 10.2. The normalized spacial score (nSPS) is 8.50. The smallest absolute Gasteiger partial charge is 0.343 e. The first-order valence-electron chi connectivity index (χ1n) is 3.25. The highest BCUT2D eigenvalue weighted by atomic mass is 35.5. The molecule has 4 heteroatoms. The summed E-state index contributed by atoms with van der Waals surface area (Å²) in [6.45, 7) is 0. The molecule has 0 aliphatic heterocycles. The Labute approximate surface area is 76.9 Å². The minimum absolute atomic E-state index is 0. The third-order valence-corrected chi connectivity index (χ3v) is 1.42. The summed E-state index contributed by atoms with van der Waals surface area (Å²) in [6, 6.07) is 7.07. The van der Waals surface area contributed by atoms with Crippen molar-refractivity contribution in [3.8, 4) is 0 Å². The summed E-state index contributed by atoms with van der Waals surface area (Å²) < 4.78 is 4.54. The van der Waals surface area contributed by atoms with Crippen LogP contribution in [0.1, 0.15) is 10.4 Å². The van der Waals surface area contributed by atoms with Crippen LogP contribution >= 0.6 is 0 Å². The minimum atomic E-state index is -0.337. The van der Waals surface area contributed by atoms with Gasteiger partial charge in [-0.3, -0.25) is 0 Å². The van der Waals surface area contributed by atoms with Crippen LogP contribution in [0.4, 0.5) is 5.69 Å². The lowest BCUT2D eigenvalue weighted by molar-refractivity contribution is -0.255. The van der Waals surface area contributed by atoms with E-state index in [1.54, 1.807) is 18.2 Å². The zero-order valence-corrected chi connectivity index (χ0v) is 7.47. The molecule has 0 saturated carbocycles. The van der Waals surface area contributed by atoms with Crippen molar-refractivity contribution in [2.45, 2.75) is 0 Å². The van der Waals surface area contributed by atoms with Crippen molar-refractivity contribution in [2.24, 2.45) is 0 Å². The monoisotopic (exact) mass is 187 g/mol. The standard InChI is InChI=1S/C8H9NO2.ClH/c1-11-8(10)6-4-2-3-5-7(6)9;/h2-5H,9H2,1H3;1H. The van der Waals surface area contributed by atoms with E-state index < -0.39 is 0 Å². The number of esters is 1. The summed E-state index contributed by atoms with van der Waals surface area (Å²) >= 11 is 0. The van der Waals surface area contributed by atoms with Gasteiger partial charge in [0.2, 0.25) is 0 Å². The molecule has 0 fully saturated rings. The van der Waals surface area contributed by atoms with Crippen molar-refractivity contribution < 1.29 is 27.7 Å². The lowest BCUT2D eigenvalue weighted by Crippen LogP contribution is -3.00. The molecule has 0 aliphatic rings. The van der Waals surface area contributed by atoms with E-state index in [9.17, 15) is 4.79 Å². The molecule has 0 radical (unpaired) electrons. The van der Waals surface area contributed by atoms with Gasteiger partial charge in [0.25, 0.3) is 0 Å². The molecule has 0 aromatic heterocycles. The zero-order valence-electron chi connectivity index (χ0n) is 6.71. The molecule has 0 spiro atoms. The number of benzene rings is 1. The Hall–Kier alpha value is -1.06. The third-order valence-electron chi connectivity index (χ3n) is 1.42. The maximum Gasteiger partial charge on any atom is 0.343 e. The van der Waals surface area contributed by atoms with Crippen LogP contribution in [-0.2, 0) is 4.74 Å². The Morgan fingerprint density at radius 3 is 2.50 bits per heavy atom. The SMILES string of the molecule is COC(=O)c1ccccc1[NH3+].[Cl-]. The Kier molecular flexibility index (Phi) is 4.33. The van der Waals surface area contributed by atoms with Gasteiger partial charge in [-0.05, 0) is 12.1 Å². The average Bonchev–Trinajstić information content (AvgIpc) is 2.04. The van der Waals surface area contributed by atoms with Gasteiger partial charge in [0, 0.05) is 0 Å². The van der Waals surface area contributed by atoms with Crippen LogP contribution in [0.5, 0.6) is 0 Å². The van der Waals surface area contributed by atoms with Crippen LogP contribution in [0.25, 0.3) is 0 Å². The van der Waals surface area contributed by atoms with Crippen LogP contribution in [-0.4, -0.2) is 13.1 Å². The predicted octanol–water partition coefficient (Wildman–Crippen LogP) is -2.65. The van der Waals surface area contributed by atoms with Crippen LogP contribution < -0.4 is 18.1 Å². The third kappa shape index (κ3) is 2.22. The van der Waals surface area contributed by atoms with Crippen LogP contribution in [0, 0.1) is 0 Å². The fraction of sp³-hybridized carbons (Fsp3) is 0.125. The molecule has 12 heavy (non-hydrogen) atoms. The number of carbonyl (C=O) groups is 1. The van der Waals surface area contributed by atoms with Gasteiger partial charge >= 0.3 is 5.97 Å². The molecule has 0 bridgehead atoms. The molecule has 0 unspecified atom stereocenters. The fourth-order valence-electron chi connectivity index (χ4n) is 0.829. The van der Waals surface area contributed by atoms with E-state index in [4.69, 9.17) is 0 Å². The summed E-state index contributed by atoms with van der Waals surface area (Å²) in [4.78, 5) is 11.0. The molecule has 3 nitrogen and oxygen atoms in total. The Balaban J connectivity index is 0.00000121. The first-order valence-corrected chi connectivity index (χ1v) is 3.25. The van der Waals surface area contributed by atoms with Gasteiger partial charge < -0.3 is 22.9 Å². The molecular formula is C8H10ClNO2. The molecule has 0 atom stereocenters. The number of carbonyl (C=O) groups excluding carboxylic acids is 1. The van der Waals surface area contributed by atoms with Crippen molar-refractivity contribution in [1.82, 2.24) is 0 Å². The average molecular weight is 188 g/mol. The molecule has 1 rings (SSSR count). The fourth-order valence-corrected chi connectivity index (χ4v) is 0.829. The lowest BCUT2D eigenvalue weighted by Gasteiger charge is -1.97. The maximum atomic E-state index is 11.0. The molecule has 66 valence electrons. The summed E-state index contributed by atoms with van der Waals surface area (Å²) in [6.07, 6.45) is 0. The first kappa shape index (κ1) is 10.9. The molecule has 1 aromatic rings. The summed E-state index contributed by atoms with van der Waals surface area (Å²) in [5.41, 5.74) is 4.91. The van der Waals surface area contributed by atoms with Crippen LogP contribution in [0.3, 0.4) is 0 Å². The Morgan fingerprint density at radius 1 is 1.42 bits per heavy atom. The topological polar surface area (TPSA) is 53.9 Å². The molecule has 0 saturated heterocycles. The van der Waals surface area contributed by atoms with Gasteiger partial charge in [0.05, 0.1) is 7.11 Å². The van der Waals surface area contributed by atoms with Gasteiger partial charge in [-0.1, -0.05) is 12.1 Å². The Bertz CT molecular complexity index is 276. The van der Waals surface area contributed by atoms with Gasteiger partial charge in [-0.2, -0.15) is 0 Å². The molecule has 3 N–H and O–H groups in total. The summed E-state index contributed by atoms with van der Waals surface area (Å²) in [7, 11) is 1.36. The van der Waals surface area contributed by atoms with Crippen molar-refractivity contribution >= 4 is 11.7 Å². The van der Waals surface area contributed by atoms with E-state index >= 15 is 0 Å². The van der Waals surface area contributed by atoms with Crippen molar-refractivity contribution in [1.29, 1.82) is 0 Å². The molecular weight excluding hydrogens is 178 g/mol. The van der Waals surface area contributed by atoms with E-state index in [0.717, 1.165) is 0 Å². The number of rotatable bonds is 1. The highest BCUT2D eigenvalue weighted by Crippen LogP contribution is 2.08. The number of hydrogen-bond acceptors (Lipinski definition) is 2. The van der Waals surface area contributed by atoms with Gasteiger partial charge in [0.15, 0.2) is 0 Å². The van der Waals surface area contributed by atoms with E-state index in [1.165, 1.54) is 7.11 Å². The van der Waals surface area contributed by atoms with Gasteiger partial charge in [-0.15, -0.1) is 0 Å². The Morgan fingerprint density at radius 2 is 2.00 bits per heavy atom. The van der Waals surface area contributed by atoms with Crippen molar-refractivity contribution in [2.75, 3.05) is 7.11 Å². The number of hydrogen-bond donors (Lipinski definition) is 1. The predicted molar refractivity (Wildman–Crippen MR) is 40.3 cm³/mol.